The van der Waals surface area contributed by atoms with Crippen LogP contribution in [-0.4, -0.2) is 38.8 Å². The Morgan fingerprint density at radius 2 is 1.81 bits per heavy atom. The topological polar surface area (TPSA) is 76.7 Å². The fraction of sp³-hybridized carbons (Fsp3) is 0.500. The molecule has 0 radical (unpaired) electrons. The maximum absolute atomic E-state index is 12.1. The number of hydroxylamine groups is 1. The van der Waals surface area contributed by atoms with Crippen molar-refractivity contribution in [3.63, 3.8) is 0 Å². The van der Waals surface area contributed by atoms with Gasteiger partial charge in [0.05, 0.1) is 20.8 Å². The minimum Gasteiger partial charge on any atom is -0.467 e. The Morgan fingerprint density at radius 1 is 1.22 bits per heavy atom. The molecule has 1 rings (SSSR count). The molecule has 6 nitrogen and oxygen atoms in total. The van der Waals surface area contributed by atoms with Crippen molar-refractivity contribution in [2.24, 2.45) is 0 Å². The Bertz CT molecular complexity index is 651. The minimum atomic E-state index is -1.53. The number of carbonyl (C=O) groups excluding carboxylic acids is 2. The summed E-state index contributed by atoms with van der Waals surface area (Å²) in [5.74, 6) is -0.508. The highest BCUT2D eigenvalue weighted by Gasteiger charge is 2.24. The number of hydrogen-bond donors (Lipinski definition) is 2. The Hall–Kier alpha value is -2.12. The van der Waals surface area contributed by atoms with E-state index in [0.717, 1.165) is 11.6 Å². The van der Waals surface area contributed by atoms with E-state index >= 15 is 0 Å². The quantitative estimate of drug-likeness (QED) is 0.309. The van der Waals surface area contributed by atoms with Crippen LogP contribution in [0.4, 0.5) is 4.79 Å². The van der Waals surface area contributed by atoms with E-state index < -0.39 is 31.7 Å². The van der Waals surface area contributed by atoms with Crippen LogP contribution in [0.2, 0.25) is 19.1 Å². The number of urea groups is 1. The van der Waals surface area contributed by atoms with E-state index in [-0.39, 0.29) is 0 Å². The van der Waals surface area contributed by atoms with Gasteiger partial charge in [0.1, 0.15) is 6.04 Å². The van der Waals surface area contributed by atoms with Gasteiger partial charge in [0.2, 0.25) is 0 Å². The predicted molar refractivity (Wildman–Crippen MR) is 111 cm³/mol. The van der Waals surface area contributed by atoms with Crippen LogP contribution in [0, 0.1) is 0 Å². The molecule has 1 unspecified atom stereocenters. The first-order valence-corrected chi connectivity index (χ1v) is 12.2. The number of esters is 1. The number of carbonyl (C=O) groups is 2. The van der Waals surface area contributed by atoms with Gasteiger partial charge in [-0.25, -0.2) is 15.1 Å². The van der Waals surface area contributed by atoms with E-state index in [1.54, 1.807) is 0 Å². The van der Waals surface area contributed by atoms with Crippen molar-refractivity contribution in [3.05, 3.63) is 42.5 Å². The van der Waals surface area contributed by atoms with E-state index in [0.29, 0.717) is 6.42 Å². The molecule has 0 saturated carbocycles. The Kier molecular flexibility index (Phi) is 8.24. The van der Waals surface area contributed by atoms with Crippen molar-refractivity contribution >= 4 is 25.3 Å². The van der Waals surface area contributed by atoms with Gasteiger partial charge in [0, 0.05) is 6.42 Å². The first kappa shape index (κ1) is 22.9. The molecule has 0 aromatic heterocycles. The van der Waals surface area contributed by atoms with Crippen LogP contribution in [0.15, 0.2) is 36.9 Å². The van der Waals surface area contributed by atoms with Gasteiger partial charge in [-0.3, -0.25) is 4.84 Å². The average Bonchev–Trinajstić information content (AvgIpc) is 2.58. The Labute approximate surface area is 163 Å². The second kappa shape index (κ2) is 9.71. The molecule has 1 aromatic carbocycles. The molecule has 2 amide bonds. The predicted octanol–water partition coefficient (Wildman–Crippen LogP) is 2.90. The molecule has 7 heteroatoms. The van der Waals surface area contributed by atoms with Crippen molar-refractivity contribution in [2.75, 3.05) is 7.11 Å². The summed E-state index contributed by atoms with van der Waals surface area (Å²) in [6.07, 6.45) is 2.30. The van der Waals surface area contributed by atoms with Gasteiger partial charge in [-0.05, 0) is 32.4 Å². The van der Waals surface area contributed by atoms with Crippen LogP contribution in [0.25, 0.3) is 0 Å². The first-order chi connectivity index (χ1) is 12.5. The van der Waals surface area contributed by atoms with E-state index in [1.807, 2.05) is 39.0 Å². The van der Waals surface area contributed by atoms with Crippen molar-refractivity contribution < 1.29 is 19.2 Å². The molecule has 0 aliphatic rings. The second-order valence-corrected chi connectivity index (χ2v) is 12.9. The van der Waals surface area contributed by atoms with Gasteiger partial charge in [0.25, 0.3) is 0 Å². The van der Waals surface area contributed by atoms with E-state index in [4.69, 9.17) is 9.57 Å². The summed E-state index contributed by atoms with van der Waals surface area (Å²) in [6.45, 7) is 13.9. The number of hydrogen-bond acceptors (Lipinski definition) is 4. The van der Waals surface area contributed by atoms with Crippen LogP contribution >= 0.6 is 0 Å². The number of nitrogens with one attached hydrogen (secondary N) is 2. The summed E-state index contributed by atoms with van der Waals surface area (Å²) in [6, 6.07) is 7.80. The molecule has 1 aromatic rings. The third kappa shape index (κ3) is 7.97. The molecule has 0 saturated heterocycles. The number of methoxy groups -OCH3 is 1. The monoisotopic (exact) mass is 392 g/mol. The maximum Gasteiger partial charge on any atom is 0.339 e. The first-order valence-electron chi connectivity index (χ1n) is 9.01. The molecule has 2 N–H and O–H groups in total. The van der Waals surface area contributed by atoms with Crippen LogP contribution in [0.5, 0.6) is 0 Å². The van der Waals surface area contributed by atoms with Crippen LogP contribution in [0.3, 0.4) is 0 Å². The summed E-state index contributed by atoms with van der Waals surface area (Å²) in [4.78, 5) is 29.3. The van der Waals surface area contributed by atoms with Gasteiger partial charge < -0.3 is 10.1 Å². The van der Waals surface area contributed by atoms with E-state index in [2.05, 4.69) is 42.6 Å². The third-order valence-corrected chi connectivity index (χ3v) is 7.28. The molecule has 0 heterocycles. The van der Waals surface area contributed by atoms with E-state index in [9.17, 15) is 9.59 Å². The largest absolute Gasteiger partial charge is 0.467 e. The highest BCUT2D eigenvalue weighted by molar-refractivity contribution is 6.90. The van der Waals surface area contributed by atoms with Crippen LogP contribution in [0.1, 0.15) is 26.3 Å². The molecule has 1 atom stereocenters. The van der Waals surface area contributed by atoms with Gasteiger partial charge >= 0.3 is 12.0 Å². The summed E-state index contributed by atoms with van der Waals surface area (Å²) in [5, 5.41) is 3.92. The summed E-state index contributed by atoms with van der Waals surface area (Å²) in [5.41, 5.74) is 2.71. The van der Waals surface area contributed by atoms with Crippen LogP contribution in [-0.2, 0) is 20.8 Å². The molecule has 27 heavy (non-hydrogen) atoms. The minimum absolute atomic E-state index is 0.333. The van der Waals surface area contributed by atoms with Crippen molar-refractivity contribution in [2.45, 2.75) is 58.0 Å². The Balaban J connectivity index is 2.81. The van der Waals surface area contributed by atoms with Crippen molar-refractivity contribution in [1.29, 1.82) is 0 Å². The maximum atomic E-state index is 12.1. The SMILES string of the molecule is C=CC[Si](C)(C)c1ccc(CC(NC(=O)NOC(C)(C)C)C(=O)OC)cc1. The lowest BCUT2D eigenvalue weighted by molar-refractivity contribution is -0.142. The fourth-order valence-corrected chi connectivity index (χ4v) is 4.56. The highest BCUT2D eigenvalue weighted by atomic mass is 28.3. The molecular weight excluding hydrogens is 360 g/mol. The molecule has 0 bridgehead atoms. The summed E-state index contributed by atoms with van der Waals surface area (Å²) in [7, 11) is -0.233. The zero-order chi connectivity index (χ0) is 20.7. The zero-order valence-corrected chi connectivity index (χ0v) is 18.2. The summed E-state index contributed by atoms with van der Waals surface area (Å²) < 4.78 is 4.81. The molecule has 0 fully saturated rings. The lowest BCUT2D eigenvalue weighted by Gasteiger charge is -2.23. The second-order valence-electron chi connectivity index (χ2n) is 8.14. The molecule has 150 valence electrons. The van der Waals surface area contributed by atoms with Crippen molar-refractivity contribution in [1.82, 2.24) is 10.8 Å². The lowest BCUT2D eigenvalue weighted by atomic mass is 10.1. The van der Waals surface area contributed by atoms with Crippen molar-refractivity contribution in [3.8, 4) is 0 Å². The highest BCUT2D eigenvalue weighted by Crippen LogP contribution is 2.12. The van der Waals surface area contributed by atoms with E-state index in [1.165, 1.54) is 12.3 Å². The summed E-state index contributed by atoms with van der Waals surface area (Å²) >= 11 is 0. The van der Waals surface area contributed by atoms with Gasteiger partial charge in [0.15, 0.2) is 0 Å². The Morgan fingerprint density at radius 3 is 2.30 bits per heavy atom. The third-order valence-electron chi connectivity index (χ3n) is 4.07. The molecule has 0 spiro atoms. The normalized spacial score (nSPS) is 12.8. The lowest BCUT2D eigenvalue weighted by Crippen LogP contribution is -2.49. The van der Waals surface area contributed by atoms with Crippen LogP contribution < -0.4 is 16.0 Å². The van der Waals surface area contributed by atoms with Gasteiger partial charge in [-0.1, -0.05) is 48.6 Å². The number of rotatable bonds is 8. The van der Waals surface area contributed by atoms with Gasteiger partial charge in [-0.15, -0.1) is 6.58 Å². The molecular formula is C20H32N2O4Si. The average molecular weight is 393 g/mol. The number of allylic oxidation sites excluding steroid dienone is 1. The molecule has 0 aliphatic carbocycles. The smallest absolute Gasteiger partial charge is 0.339 e. The number of benzene rings is 1. The fourth-order valence-electron chi connectivity index (χ4n) is 2.53. The number of amides is 2. The zero-order valence-electron chi connectivity index (χ0n) is 17.2. The number of ether oxygens (including phenoxy) is 1. The standard InChI is InChI=1S/C20H32N2O4Si/c1-8-13-27(6,7)16-11-9-15(10-12-16)14-17(18(23)25-5)21-19(24)22-26-20(2,3)4/h8-12,17H,1,13-14H2,2-7H3,(H2,21,22,24). The van der Waals surface area contributed by atoms with Gasteiger partial charge in [-0.2, -0.15) is 0 Å². The molecule has 0 aliphatic heterocycles.